The molecule has 2 aromatic carbocycles. The number of benzene rings is 2. The summed E-state index contributed by atoms with van der Waals surface area (Å²) in [5.74, 6) is 2.12. The van der Waals surface area contributed by atoms with E-state index in [9.17, 15) is 19.5 Å². The highest BCUT2D eigenvalue weighted by molar-refractivity contribution is 6.14. The second-order valence-electron chi connectivity index (χ2n) is 16.7. The van der Waals surface area contributed by atoms with Crippen LogP contribution in [0.4, 0.5) is 17.3 Å². The molecular formula is C45H49N13O6. The van der Waals surface area contributed by atoms with E-state index in [0.29, 0.717) is 78.1 Å². The molecule has 7 heterocycles. The number of fused-ring (bicyclic) bond motifs is 4. The second-order valence-corrected chi connectivity index (χ2v) is 16.7. The number of rotatable bonds is 15. The minimum absolute atomic E-state index is 0.0196. The molecule has 1 aliphatic carbocycles. The summed E-state index contributed by atoms with van der Waals surface area (Å²) in [6.45, 7) is 8.26. The lowest BCUT2D eigenvalue weighted by Crippen LogP contribution is -2.55. The number of nitrogens with zero attached hydrogens (tertiary/aromatic N) is 8. The van der Waals surface area contributed by atoms with Gasteiger partial charge in [0.25, 0.3) is 11.8 Å². The van der Waals surface area contributed by atoms with Crippen molar-refractivity contribution in [2.75, 3.05) is 24.3 Å². The number of hydrogen-bond donors (Lipinski definition) is 6. The molecule has 330 valence electrons. The Morgan fingerprint density at radius 2 is 1.95 bits per heavy atom. The minimum Gasteiger partial charge on any atom is -0.496 e. The number of aliphatic hydroxyl groups is 1. The molecule has 0 bridgehead atoms. The van der Waals surface area contributed by atoms with Gasteiger partial charge < -0.3 is 50.1 Å². The van der Waals surface area contributed by atoms with Gasteiger partial charge in [-0.15, -0.1) is 0 Å². The lowest BCUT2D eigenvalue weighted by molar-refractivity contribution is -0.129. The normalized spacial score (nSPS) is 17.3. The van der Waals surface area contributed by atoms with Gasteiger partial charge in [-0.25, -0.2) is 19.6 Å². The molecule has 2 aliphatic heterocycles. The Labute approximate surface area is 367 Å². The molecule has 3 aliphatic rings. The molecule has 19 heteroatoms. The van der Waals surface area contributed by atoms with Crippen LogP contribution in [-0.2, 0) is 31.0 Å². The van der Waals surface area contributed by atoms with Gasteiger partial charge in [0.05, 0.1) is 54.1 Å². The standard InChI is InChI=1S/C45H49N13O6/c1-5-58-36(18-32(54-58)25-10-11-25)50-41-39-28-17-35(63-4)29(38-23(2)55-64-24(38)3)16-33(28)49-40(39)52-42(53-41)44(61)47-19-26-20-56(22-48-26)15-7-14-46-31-9-6-8-27-30(31)21-57(45(27)62)34-12-13-37(59)51-43(34)60/h6,8-9,16-18,20,22,25,34,43,46,60H,5,7,10-15,19,21H2,1-4H3,(H,47,61)(H,51,59)(H2,49,50,52,53). The van der Waals surface area contributed by atoms with Gasteiger partial charge in [-0.3, -0.25) is 14.4 Å². The van der Waals surface area contributed by atoms with Crippen LogP contribution in [0.1, 0.15) is 94.3 Å². The maximum Gasteiger partial charge on any atom is 0.289 e. The summed E-state index contributed by atoms with van der Waals surface area (Å²) in [5, 5.41) is 33.5. The smallest absolute Gasteiger partial charge is 0.289 e. The molecule has 1 saturated carbocycles. The van der Waals surface area contributed by atoms with E-state index in [1.165, 1.54) is 0 Å². The number of methoxy groups -OCH3 is 1. The molecule has 2 unspecified atom stereocenters. The molecule has 19 nitrogen and oxygen atoms in total. The summed E-state index contributed by atoms with van der Waals surface area (Å²) >= 11 is 0. The summed E-state index contributed by atoms with van der Waals surface area (Å²) in [5.41, 5.74) is 7.69. The van der Waals surface area contributed by atoms with Crippen molar-refractivity contribution in [3.63, 3.8) is 0 Å². The van der Waals surface area contributed by atoms with Crippen molar-refractivity contribution in [3.8, 4) is 16.9 Å². The van der Waals surface area contributed by atoms with Crippen LogP contribution in [0.5, 0.6) is 5.75 Å². The number of anilines is 3. The molecular weight excluding hydrogens is 819 g/mol. The summed E-state index contributed by atoms with van der Waals surface area (Å²) < 4.78 is 15.3. The number of aromatic nitrogens is 8. The molecule has 7 aromatic rings. The maximum atomic E-state index is 13.9. The van der Waals surface area contributed by atoms with Gasteiger partial charge in [0, 0.05) is 84.1 Å². The molecule has 6 N–H and O–H groups in total. The van der Waals surface area contributed by atoms with Gasteiger partial charge in [-0.2, -0.15) is 5.10 Å². The molecule has 0 radical (unpaired) electrons. The Hall–Kier alpha value is -7.28. The number of carbonyl (C=O) groups is 3. The highest BCUT2D eigenvalue weighted by atomic mass is 16.5. The van der Waals surface area contributed by atoms with Crippen molar-refractivity contribution in [1.82, 2.24) is 55.0 Å². The number of carbonyl (C=O) groups excluding carboxylic acids is 3. The minimum atomic E-state index is -1.09. The van der Waals surface area contributed by atoms with Crippen molar-refractivity contribution < 1.29 is 28.8 Å². The lowest BCUT2D eigenvalue weighted by Gasteiger charge is -2.35. The SMILES string of the molecule is CCn1nc(C2CC2)cc1Nc1nc(C(=O)NCc2cn(CCCNc3cccc4c3CN(C3CCC(=O)NC3O)C4=O)cn2)nc2[nH]c3cc(-c4c(C)noc4C)c(OC)cc3c12. The zero-order chi connectivity index (χ0) is 44.2. The van der Waals surface area contributed by atoms with Gasteiger partial charge in [-0.1, -0.05) is 11.2 Å². The Morgan fingerprint density at radius 1 is 1.09 bits per heavy atom. The van der Waals surface area contributed by atoms with Gasteiger partial charge in [0.1, 0.15) is 35.0 Å². The number of aliphatic hydroxyl groups excluding tert-OH is 1. The molecule has 1 saturated heterocycles. The molecule has 3 amide bonds. The Bertz CT molecular complexity index is 2940. The van der Waals surface area contributed by atoms with E-state index in [-0.39, 0.29) is 30.6 Å². The number of aromatic amines is 1. The van der Waals surface area contributed by atoms with Crippen molar-refractivity contribution >= 4 is 57.0 Å². The van der Waals surface area contributed by atoms with Crippen LogP contribution in [0.2, 0.25) is 0 Å². The van der Waals surface area contributed by atoms with Gasteiger partial charge in [0.15, 0.2) is 0 Å². The third-order valence-corrected chi connectivity index (χ3v) is 12.4. The number of imidazole rings is 1. The molecule has 2 fully saturated rings. The maximum absolute atomic E-state index is 13.9. The highest BCUT2D eigenvalue weighted by Crippen LogP contribution is 2.43. The predicted octanol–water partition coefficient (Wildman–Crippen LogP) is 5.41. The summed E-state index contributed by atoms with van der Waals surface area (Å²) in [7, 11) is 1.63. The third kappa shape index (κ3) is 7.54. The van der Waals surface area contributed by atoms with Gasteiger partial charge >= 0.3 is 0 Å². The van der Waals surface area contributed by atoms with Crippen LogP contribution >= 0.6 is 0 Å². The Morgan fingerprint density at radius 3 is 2.72 bits per heavy atom. The van der Waals surface area contributed by atoms with E-state index >= 15 is 0 Å². The number of nitrogens with one attached hydrogen (secondary N) is 5. The fraction of sp³-hybridized carbons (Fsp3) is 0.378. The third-order valence-electron chi connectivity index (χ3n) is 12.4. The van der Waals surface area contributed by atoms with Crippen LogP contribution in [0.25, 0.3) is 33.1 Å². The summed E-state index contributed by atoms with van der Waals surface area (Å²) in [4.78, 5) is 58.1. The van der Waals surface area contributed by atoms with Crippen LogP contribution < -0.4 is 26.0 Å². The van der Waals surface area contributed by atoms with E-state index in [1.54, 1.807) is 24.4 Å². The second kappa shape index (κ2) is 16.4. The van der Waals surface area contributed by atoms with Crippen molar-refractivity contribution in [2.45, 2.75) is 97.2 Å². The zero-order valence-corrected chi connectivity index (χ0v) is 36.0. The first kappa shape index (κ1) is 40.8. The van der Waals surface area contributed by atoms with Crippen LogP contribution in [0.15, 0.2) is 53.4 Å². The number of amides is 3. The molecule has 2 atom stereocenters. The summed E-state index contributed by atoms with van der Waals surface area (Å²) in [6.07, 6.45) is 6.21. The Kier molecular flexibility index (Phi) is 10.5. The average molecular weight is 868 g/mol. The zero-order valence-electron chi connectivity index (χ0n) is 36.0. The van der Waals surface area contributed by atoms with Gasteiger partial charge in [0.2, 0.25) is 11.7 Å². The quantitative estimate of drug-likeness (QED) is 0.0709. The predicted molar refractivity (Wildman–Crippen MR) is 236 cm³/mol. The first-order chi connectivity index (χ1) is 31.1. The lowest BCUT2D eigenvalue weighted by atomic mass is 10.0. The van der Waals surface area contributed by atoms with E-state index in [2.05, 4.69) is 42.5 Å². The first-order valence-corrected chi connectivity index (χ1v) is 21.7. The number of ether oxygens (including phenoxy) is 1. The van der Waals surface area contributed by atoms with E-state index in [1.807, 2.05) is 60.5 Å². The van der Waals surface area contributed by atoms with Gasteiger partial charge in [-0.05, 0) is 70.7 Å². The monoisotopic (exact) mass is 867 g/mol. The van der Waals surface area contributed by atoms with E-state index < -0.39 is 18.2 Å². The average Bonchev–Trinajstić information content (AvgIpc) is 3.55. The number of H-pyrrole nitrogens is 1. The van der Waals surface area contributed by atoms with Crippen molar-refractivity contribution in [2.24, 2.45) is 0 Å². The number of aryl methyl sites for hydroxylation is 4. The molecule has 5 aromatic heterocycles. The van der Waals surface area contributed by atoms with E-state index in [0.717, 1.165) is 69.7 Å². The Balaban J connectivity index is 0.834. The first-order valence-electron chi connectivity index (χ1n) is 21.7. The largest absolute Gasteiger partial charge is 0.496 e. The molecule has 0 spiro atoms. The fourth-order valence-corrected chi connectivity index (χ4v) is 8.96. The summed E-state index contributed by atoms with van der Waals surface area (Å²) in [6, 6.07) is 11.1. The van der Waals surface area contributed by atoms with Crippen LogP contribution in [0.3, 0.4) is 0 Å². The molecule has 10 rings (SSSR count). The topological polar surface area (TPSA) is 235 Å². The number of piperidine rings is 1. The number of hydrogen-bond acceptors (Lipinski definition) is 13. The fourth-order valence-electron chi connectivity index (χ4n) is 8.96. The van der Waals surface area contributed by atoms with Crippen molar-refractivity contribution in [3.05, 3.63) is 88.7 Å². The highest BCUT2D eigenvalue weighted by Gasteiger charge is 2.40. The van der Waals surface area contributed by atoms with Crippen molar-refractivity contribution in [1.29, 1.82) is 0 Å². The van der Waals surface area contributed by atoms with Crippen LogP contribution in [0, 0.1) is 13.8 Å². The van der Waals surface area contributed by atoms with Crippen LogP contribution in [-0.4, -0.2) is 93.1 Å². The molecule has 64 heavy (non-hydrogen) atoms. The van der Waals surface area contributed by atoms with E-state index in [4.69, 9.17) is 24.3 Å².